The van der Waals surface area contributed by atoms with Gasteiger partial charge in [0.1, 0.15) is 11.3 Å². The summed E-state index contributed by atoms with van der Waals surface area (Å²) in [6.45, 7) is 0. The van der Waals surface area contributed by atoms with Crippen LogP contribution in [-0.4, -0.2) is 29.5 Å². The predicted octanol–water partition coefficient (Wildman–Crippen LogP) is 2.85. The van der Waals surface area contributed by atoms with Crippen LogP contribution in [-0.2, 0) is 16.6 Å². The Hall–Kier alpha value is -3.87. The Morgan fingerprint density at radius 3 is 2.43 bits per heavy atom. The first kappa shape index (κ1) is 17.5. The topological polar surface area (TPSA) is 80.6 Å². The van der Waals surface area contributed by atoms with Crippen LogP contribution in [0.25, 0.3) is 17.0 Å². The molecule has 0 spiro atoms. The summed E-state index contributed by atoms with van der Waals surface area (Å²) in [7, 11) is 3.41. The molecule has 4 amide bonds. The summed E-state index contributed by atoms with van der Waals surface area (Å²) in [6.07, 6.45) is 3.36. The lowest BCUT2D eigenvalue weighted by atomic mass is 10.1. The fourth-order valence-corrected chi connectivity index (χ4v) is 3.27. The molecule has 1 aromatic heterocycles. The van der Waals surface area contributed by atoms with Crippen molar-refractivity contribution in [2.45, 2.75) is 0 Å². The number of barbiturate groups is 1. The average molecular weight is 375 g/mol. The number of carbonyl (C=O) groups excluding carboxylic acids is 3. The van der Waals surface area contributed by atoms with Gasteiger partial charge in [0, 0.05) is 29.7 Å². The van der Waals surface area contributed by atoms with Gasteiger partial charge in [0.2, 0.25) is 0 Å². The molecule has 4 rings (SSSR count). The van der Waals surface area contributed by atoms with Gasteiger partial charge in [-0.05, 0) is 36.4 Å². The minimum atomic E-state index is -0.782. The number of nitrogens with zero attached hydrogens (tertiary/aromatic N) is 2. The highest BCUT2D eigenvalue weighted by Crippen LogP contribution is 2.27. The predicted molar refractivity (Wildman–Crippen MR) is 105 cm³/mol. The molecule has 7 heteroatoms. The average Bonchev–Trinajstić information content (AvgIpc) is 3.01. The largest absolute Gasteiger partial charge is 0.497 e. The Morgan fingerprint density at radius 1 is 1.00 bits per heavy atom. The number of imide groups is 2. The van der Waals surface area contributed by atoms with Crippen molar-refractivity contribution in [3.05, 3.63) is 65.9 Å². The summed E-state index contributed by atoms with van der Waals surface area (Å²) in [6, 6.07) is 13.3. The Kier molecular flexibility index (Phi) is 4.19. The summed E-state index contributed by atoms with van der Waals surface area (Å²) in [5.74, 6) is -0.796. The van der Waals surface area contributed by atoms with Crippen molar-refractivity contribution in [2.75, 3.05) is 12.0 Å². The Labute approximate surface area is 160 Å². The quantitative estimate of drug-likeness (QED) is 0.564. The maximum atomic E-state index is 13.0. The van der Waals surface area contributed by atoms with Crippen molar-refractivity contribution >= 4 is 40.5 Å². The van der Waals surface area contributed by atoms with Crippen LogP contribution in [0.4, 0.5) is 10.5 Å². The second-order valence-corrected chi connectivity index (χ2v) is 6.37. The van der Waals surface area contributed by atoms with Gasteiger partial charge in [-0.3, -0.25) is 14.9 Å². The molecule has 0 atom stereocenters. The number of hydrogen-bond donors (Lipinski definition) is 1. The Morgan fingerprint density at radius 2 is 1.71 bits per heavy atom. The van der Waals surface area contributed by atoms with Crippen molar-refractivity contribution < 1.29 is 19.1 Å². The number of methoxy groups -OCH3 is 1. The molecule has 1 N–H and O–H groups in total. The van der Waals surface area contributed by atoms with Gasteiger partial charge >= 0.3 is 6.03 Å². The number of ether oxygens (including phenoxy) is 1. The molecule has 0 saturated carbocycles. The van der Waals surface area contributed by atoms with Crippen LogP contribution in [0.2, 0.25) is 0 Å². The number of aryl methyl sites for hydroxylation is 1. The van der Waals surface area contributed by atoms with Crippen LogP contribution >= 0.6 is 0 Å². The second-order valence-electron chi connectivity index (χ2n) is 6.37. The summed E-state index contributed by atoms with van der Waals surface area (Å²) >= 11 is 0. The number of amides is 4. The molecule has 2 aromatic carbocycles. The van der Waals surface area contributed by atoms with E-state index < -0.39 is 17.8 Å². The van der Waals surface area contributed by atoms with E-state index in [2.05, 4.69) is 5.32 Å². The lowest BCUT2D eigenvalue weighted by molar-refractivity contribution is -0.122. The van der Waals surface area contributed by atoms with Crippen molar-refractivity contribution in [1.82, 2.24) is 9.88 Å². The zero-order valence-electron chi connectivity index (χ0n) is 15.3. The molecule has 1 saturated heterocycles. The molecule has 28 heavy (non-hydrogen) atoms. The van der Waals surface area contributed by atoms with Crippen molar-refractivity contribution in [2.24, 2.45) is 7.05 Å². The highest BCUT2D eigenvalue weighted by molar-refractivity contribution is 6.39. The first-order valence-corrected chi connectivity index (χ1v) is 8.59. The third kappa shape index (κ3) is 2.83. The molecule has 7 nitrogen and oxygen atoms in total. The SMILES string of the molecule is COc1ccc(N2C(=O)NC(=O)C(=Cc3cn(C)c4ccccc34)C2=O)cc1. The highest BCUT2D eigenvalue weighted by atomic mass is 16.5. The summed E-state index contributed by atoms with van der Waals surface area (Å²) < 4.78 is 7.01. The molecule has 0 aliphatic carbocycles. The zero-order valence-corrected chi connectivity index (χ0v) is 15.3. The van der Waals surface area contributed by atoms with Crippen molar-refractivity contribution in [3.8, 4) is 5.75 Å². The molecule has 0 unspecified atom stereocenters. The number of urea groups is 1. The smallest absolute Gasteiger partial charge is 0.335 e. The number of para-hydroxylation sites is 1. The van der Waals surface area contributed by atoms with Crippen LogP contribution < -0.4 is 15.0 Å². The lowest BCUT2D eigenvalue weighted by Crippen LogP contribution is -2.54. The van der Waals surface area contributed by atoms with E-state index >= 15 is 0 Å². The fourth-order valence-electron chi connectivity index (χ4n) is 3.27. The van der Waals surface area contributed by atoms with Crippen LogP contribution in [0, 0.1) is 0 Å². The van der Waals surface area contributed by atoms with Gasteiger partial charge in [-0.1, -0.05) is 18.2 Å². The summed E-state index contributed by atoms with van der Waals surface area (Å²) in [4.78, 5) is 38.6. The van der Waals surface area contributed by atoms with E-state index in [4.69, 9.17) is 4.74 Å². The second kappa shape index (κ2) is 6.70. The molecular weight excluding hydrogens is 358 g/mol. The Balaban J connectivity index is 1.77. The maximum Gasteiger partial charge on any atom is 0.335 e. The van der Waals surface area contributed by atoms with Gasteiger partial charge in [0.25, 0.3) is 11.8 Å². The summed E-state index contributed by atoms with van der Waals surface area (Å²) in [5, 5.41) is 3.14. The number of benzene rings is 2. The highest BCUT2D eigenvalue weighted by Gasteiger charge is 2.37. The van der Waals surface area contributed by atoms with Gasteiger partial charge in [-0.15, -0.1) is 0 Å². The molecule has 2 heterocycles. The molecule has 1 fully saturated rings. The lowest BCUT2D eigenvalue weighted by Gasteiger charge is -2.26. The standard InChI is InChI=1S/C21H17N3O4/c1-23-12-13(16-5-3-4-6-18(16)23)11-17-19(25)22-21(27)24(20(17)26)14-7-9-15(28-2)10-8-14/h3-12H,1-2H3,(H,22,25,27). The number of rotatable bonds is 3. The van der Waals surface area contributed by atoms with Crippen LogP contribution in [0.3, 0.4) is 0 Å². The first-order chi connectivity index (χ1) is 13.5. The Bertz CT molecular complexity index is 1140. The molecule has 0 radical (unpaired) electrons. The van der Waals surface area contributed by atoms with Gasteiger partial charge in [0.05, 0.1) is 12.8 Å². The van der Waals surface area contributed by atoms with E-state index in [0.29, 0.717) is 11.4 Å². The van der Waals surface area contributed by atoms with Gasteiger partial charge < -0.3 is 9.30 Å². The van der Waals surface area contributed by atoms with E-state index in [1.165, 1.54) is 13.2 Å². The third-order valence-corrected chi connectivity index (χ3v) is 4.66. The molecular formula is C21H17N3O4. The fraction of sp³-hybridized carbons (Fsp3) is 0.0952. The monoisotopic (exact) mass is 375 g/mol. The zero-order chi connectivity index (χ0) is 19.8. The van der Waals surface area contributed by atoms with E-state index in [9.17, 15) is 14.4 Å². The van der Waals surface area contributed by atoms with E-state index in [0.717, 1.165) is 21.4 Å². The molecule has 1 aliphatic heterocycles. The molecule has 0 bridgehead atoms. The third-order valence-electron chi connectivity index (χ3n) is 4.66. The number of aromatic nitrogens is 1. The number of anilines is 1. The molecule has 1 aliphatic rings. The van der Waals surface area contributed by atoms with E-state index in [1.807, 2.05) is 42.1 Å². The number of hydrogen-bond acceptors (Lipinski definition) is 4. The maximum absolute atomic E-state index is 13.0. The summed E-state index contributed by atoms with van der Waals surface area (Å²) in [5.41, 5.74) is 1.94. The van der Waals surface area contributed by atoms with E-state index in [-0.39, 0.29) is 5.57 Å². The minimum Gasteiger partial charge on any atom is -0.497 e. The number of nitrogens with one attached hydrogen (secondary N) is 1. The number of fused-ring (bicyclic) bond motifs is 1. The van der Waals surface area contributed by atoms with Gasteiger partial charge in [-0.2, -0.15) is 0 Å². The van der Waals surface area contributed by atoms with Crippen LogP contribution in [0.5, 0.6) is 5.75 Å². The van der Waals surface area contributed by atoms with Crippen molar-refractivity contribution in [3.63, 3.8) is 0 Å². The van der Waals surface area contributed by atoms with Crippen LogP contribution in [0.15, 0.2) is 60.3 Å². The van der Waals surface area contributed by atoms with Crippen LogP contribution in [0.1, 0.15) is 5.56 Å². The first-order valence-electron chi connectivity index (χ1n) is 8.59. The van der Waals surface area contributed by atoms with Crippen molar-refractivity contribution in [1.29, 1.82) is 0 Å². The van der Waals surface area contributed by atoms with Gasteiger partial charge in [-0.25, -0.2) is 9.69 Å². The molecule has 3 aromatic rings. The minimum absolute atomic E-state index is 0.105. The molecule has 140 valence electrons. The van der Waals surface area contributed by atoms with E-state index in [1.54, 1.807) is 24.3 Å². The normalized spacial score (nSPS) is 16.0. The van der Waals surface area contributed by atoms with Gasteiger partial charge in [0.15, 0.2) is 0 Å². The number of carbonyl (C=O) groups is 3.